The molecule has 1 aliphatic heterocycles. The Morgan fingerprint density at radius 1 is 1.43 bits per heavy atom. The molecular weight excluding hydrogens is 192 g/mol. The summed E-state index contributed by atoms with van der Waals surface area (Å²) in [5, 5.41) is 0. The van der Waals surface area contributed by atoms with E-state index in [2.05, 4.69) is 34.5 Å². The third-order valence-corrected chi connectivity index (χ3v) is 3.71. The summed E-state index contributed by atoms with van der Waals surface area (Å²) >= 11 is 2.00. The molecule has 0 unspecified atom stereocenters. The monoisotopic (exact) mass is 204 g/mol. The first-order valence-electron chi connectivity index (χ1n) is 4.90. The molecule has 0 aliphatic carbocycles. The second kappa shape index (κ2) is 3.02. The number of aromatic nitrogens is 2. The number of fused-ring (bicyclic) bond motifs is 3. The molecule has 3 heteroatoms. The fourth-order valence-corrected chi connectivity index (χ4v) is 3.03. The molecule has 0 atom stereocenters. The predicted molar refractivity (Wildman–Crippen MR) is 59.8 cm³/mol. The molecule has 3 heterocycles. The molecule has 0 saturated carbocycles. The van der Waals surface area contributed by atoms with E-state index in [9.17, 15) is 0 Å². The first-order chi connectivity index (χ1) is 6.86. The molecule has 14 heavy (non-hydrogen) atoms. The predicted octanol–water partition coefficient (Wildman–Crippen LogP) is 2.43. The van der Waals surface area contributed by atoms with E-state index < -0.39 is 0 Å². The summed E-state index contributed by atoms with van der Waals surface area (Å²) in [7, 11) is 0. The van der Waals surface area contributed by atoms with Crippen molar-refractivity contribution in [1.82, 2.24) is 9.38 Å². The largest absolute Gasteiger partial charge is 0.300 e. The maximum Gasteiger partial charge on any atom is 0.137 e. The zero-order valence-electron chi connectivity index (χ0n) is 8.16. The minimum atomic E-state index is 1.11. The van der Waals surface area contributed by atoms with Gasteiger partial charge in [-0.1, -0.05) is 6.07 Å². The molecule has 2 aromatic rings. The van der Waals surface area contributed by atoms with Crippen LogP contribution in [0.3, 0.4) is 0 Å². The Balaban J connectivity index is 2.38. The van der Waals surface area contributed by atoms with Gasteiger partial charge in [0.25, 0.3) is 0 Å². The van der Waals surface area contributed by atoms with Crippen molar-refractivity contribution in [2.75, 3.05) is 5.75 Å². The minimum Gasteiger partial charge on any atom is -0.300 e. The van der Waals surface area contributed by atoms with E-state index in [1.54, 1.807) is 0 Å². The van der Waals surface area contributed by atoms with Crippen LogP contribution in [0.15, 0.2) is 18.2 Å². The van der Waals surface area contributed by atoms with E-state index >= 15 is 0 Å². The van der Waals surface area contributed by atoms with E-state index in [1.165, 1.54) is 22.8 Å². The third-order valence-electron chi connectivity index (χ3n) is 2.74. The van der Waals surface area contributed by atoms with Crippen LogP contribution in [0.4, 0.5) is 0 Å². The molecule has 1 aliphatic rings. The summed E-state index contributed by atoms with van der Waals surface area (Å²) in [5.41, 5.74) is 5.11. The summed E-state index contributed by atoms with van der Waals surface area (Å²) in [4.78, 5) is 4.66. The lowest BCUT2D eigenvalue weighted by Crippen LogP contribution is -2.04. The average molecular weight is 204 g/mol. The third kappa shape index (κ3) is 1.08. The molecule has 2 nitrogen and oxygen atoms in total. The van der Waals surface area contributed by atoms with Gasteiger partial charge in [-0.3, -0.25) is 0 Å². The van der Waals surface area contributed by atoms with Crippen LogP contribution >= 0.6 is 11.8 Å². The van der Waals surface area contributed by atoms with Gasteiger partial charge in [-0.25, -0.2) is 4.98 Å². The summed E-state index contributed by atoms with van der Waals surface area (Å²) in [6.07, 6.45) is 1.13. The topological polar surface area (TPSA) is 17.3 Å². The van der Waals surface area contributed by atoms with Gasteiger partial charge in [0, 0.05) is 17.9 Å². The van der Waals surface area contributed by atoms with Crippen LogP contribution in [0, 0.1) is 6.92 Å². The van der Waals surface area contributed by atoms with Crippen molar-refractivity contribution in [2.24, 2.45) is 0 Å². The number of rotatable bonds is 0. The van der Waals surface area contributed by atoms with Crippen molar-refractivity contribution >= 4 is 17.4 Å². The molecule has 0 fully saturated rings. The molecule has 2 aromatic heterocycles. The number of imidazole rings is 1. The van der Waals surface area contributed by atoms with Crippen molar-refractivity contribution in [3.05, 3.63) is 35.3 Å². The lowest BCUT2D eigenvalue weighted by atomic mass is 10.2. The first-order valence-corrected chi connectivity index (χ1v) is 6.05. The Bertz CT molecular complexity index is 487. The Hall–Kier alpha value is -0.960. The Kier molecular flexibility index (Phi) is 1.80. The highest BCUT2D eigenvalue weighted by Gasteiger charge is 2.16. The van der Waals surface area contributed by atoms with E-state index in [1.807, 2.05) is 11.8 Å². The van der Waals surface area contributed by atoms with Gasteiger partial charge in [-0.2, -0.15) is 11.8 Å². The average Bonchev–Trinajstić information content (AvgIpc) is 2.57. The SMILES string of the molecule is Cc1cccc2nc3c(n12)CSCC3. The van der Waals surface area contributed by atoms with Gasteiger partial charge in [0.2, 0.25) is 0 Å². The molecule has 0 aromatic carbocycles. The number of pyridine rings is 1. The van der Waals surface area contributed by atoms with Crippen LogP contribution < -0.4 is 0 Å². The molecule has 0 bridgehead atoms. The summed E-state index contributed by atoms with van der Waals surface area (Å²) in [6, 6.07) is 6.32. The van der Waals surface area contributed by atoms with Gasteiger partial charge in [0.15, 0.2) is 0 Å². The maximum absolute atomic E-state index is 4.66. The number of nitrogens with zero attached hydrogens (tertiary/aromatic N) is 2. The molecule has 3 rings (SSSR count). The number of aryl methyl sites for hydroxylation is 2. The lowest BCUT2D eigenvalue weighted by Gasteiger charge is -2.11. The second-order valence-electron chi connectivity index (χ2n) is 3.67. The van der Waals surface area contributed by atoms with E-state index in [-0.39, 0.29) is 0 Å². The molecule has 0 amide bonds. The number of thioether (sulfide) groups is 1. The van der Waals surface area contributed by atoms with Crippen molar-refractivity contribution in [3.63, 3.8) is 0 Å². The van der Waals surface area contributed by atoms with Crippen LogP contribution in [-0.2, 0) is 12.2 Å². The van der Waals surface area contributed by atoms with Crippen LogP contribution in [0.5, 0.6) is 0 Å². The molecule has 0 N–H and O–H groups in total. The van der Waals surface area contributed by atoms with Crippen molar-refractivity contribution < 1.29 is 0 Å². The fourth-order valence-electron chi connectivity index (χ4n) is 2.06. The van der Waals surface area contributed by atoms with E-state index in [0.717, 1.165) is 17.8 Å². The van der Waals surface area contributed by atoms with Gasteiger partial charge >= 0.3 is 0 Å². The Morgan fingerprint density at radius 2 is 2.36 bits per heavy atom. The summed E-state index contributed by atoms with van der Waals surface area (Å²) in [6.45, 7) is 2.15. The maximum atomic E-state index is 4.66. The zero-order valence-corrected chi connectivity index (χ0v) is 8.97. The Labute approximate surface area is 87.3 Å². The first kappa shape index (κ1) is 8.36. The normalized spacial score (nSPS) is 15.8. The van der Waals surface area contributed by atoms with Gasteiger partial charge in [-0.05, 0) is 24.8 Å². The van der Waals surface area contributed by atoms with Crippen molar-refractivity contribution in [2.45, 2.75) is 19.1 Å². The van der Waals surface area contributed by atoms with Gasteiger partial charge in [0.05, 0.1) is 11.4 Å². The van der Waals surface area contributed by atoms with Crippen LogP contribution in [0.2, 0.25) is 0 Å². The van der Waals surface area contributed by atoms with Gasteiger partial charge in [-0.15, -0.1) is 0 Å². The van der Waals surface area contributed by atoms with Crippen LogP contribution in [0.25, 0.3) is 5.65 Å². The summed E-state index contributed by atoms with van der Waals surface area (Å²) in [5.74, 6) is 2.33. The molecule has 0 spiro atoms. The molecular formula is C11H12N2S. The van der Waals surface area contributed by atoms with E-state index in [4.69, 9.17) is 0 Å². The second-order valence-corrected chi connectivity index (χ2v) is 4.77. The van der Waals surface area contributed by atoms with Crippen molar-refractivity contribution in [1.29, 1.82) is 0 Å². The van der Waals surface area contributed by atoms with Crippen molar-refractivity contribution in [3.8, 4) is 0 Å². The molecule has 0 radical (unpaired) electrons. The summed E-state index contributed by atoms with van der Waals surface area (Å²) < 4.78 is 2.29. The highest BCUT2D eigenvalue weighted by atomic mass is 32.2. The standard InChI is InChI=1S/C11H12N2S/c1-8-3-2-4-11-12-9-5-6-14-7-10(9)13(8)11/h2-4H,5-7H2,1H3. The van der Waals surface area contributed by atoms with Gasteiger partial charge < -0.3 is 4.40 Å². The molecule has 0 saturated heterocycles. The highest BCUT2D eigenvalue weighted by Crippen LogP contribution is 2.26. The van der Waals surface area contributed by atoms with Crippen LogP contribution in [0.1, 0.15) is 17.1 Å². The number of hydrogen-bond acceptors (Lipinski definition) is 2. The lowest BCUT2D eigenvalue weighted by molar-refractivity contribution is 0.969. The fraction of sp³-hybridized carbons (Fsp3) is 0.364. The Morgan fingerprint density at radius 3 is 3.29 bits per heavy atom. The van der Waals surface area contributed by atoms with Gasteiger partial charge in [0.1, 0.15) is 5.65 Å². The quantitative estimate of drug-likeness (QED) is 0.655. The zero-order chi connectivity index (χ0) is 9.54. The van der Waals surface area contributed by atoms with E-state index in [0.29, 0.717) is 0 Å². The minimum absolute atomic E-state index is 1.11. The van der Waals surface area contributed by atoms with Crippen LogP contribution in [-0.4, -0.2) is 15.1 Å². The number of hydrogen-bond donors (Lipinski definition) is 0. The highest BCUT2D eigenvalue weighted by molar-refractivity contribution is 7.98. The molecule has 72 valence electrons. The smallest absolute Gasteiger partial charge is 0.137 e.